The molecule has 1 atom stereocenters. The summed E-state index contributed by atoms with van der Waals surface area (Å²) in [6, 6.07) is 16.7. The maximum absolute atomic E-state index is 12.1. The van der Waals surface area contributed by atoms with Gasteiger partial charge in [-0.05, 0) is 41.8 Å². The molecular formula is C19H20N2O2S. The number of hydrogen-bond acceptors (Lipinski definition) is 4. The number of benzene rings is 2. The molecule has 0 aliphatic heterocycles. The van der Waals surface area contributed by atoms with Gasteiger partial charge in [-0.25, -0.2) is 0 Å². The van der Waals surface area contributed by atoms with Crippen molar-refractivity contribution in [3.8, 4) is 6.07 Å². The van der Waals surface area contributed by atoms with Crippen LogP contribution in [0.3, 0.4) is 0 Å². The first-order valence-corrected chi connectivity index (χ1v) is 8.76. The van der Waals surface area contributed by atoms with Gasteiger partial charge in [-0.1, -0.05) is 31.2 Å². The number of amides is 1. The lowest BCUT2D eigenvalue weighted by molar-refractivity contribution is -0.119. The van der Waals surface area contributed by atoms with E-state index in [0.717, 1.165) is 16.9 Å². The SMILES string of the molecule is CCc1ccc(C(CO)NC(=O)CSc2ccc(C#N)cc2)cc1. The summed E-state index contributed by atoms with van der Waals surface area (Å²) in [5.74, 6) is 0.123. The molecule has 2 aromatic rings. The zero-order valence-corrected chi connectivity index (χ0v) is 14.3. The van der Waals surface area contributed by atoms with E-state index in [2.05, 4.69) is 18.3 Å². The Morgan fingerprint density at radius 3 is 2.42 bits per heavy atom. The van der Waals surface area contributed by atoms with Crippen LogP contribution in [0.1, 0.15) is 29.7 Å². The fraction of sp³-hybridized carbons (Fsp3) is 0.263. The molecule has 5 heteroatoms. The lowest BCUT2D eigenvalue weighted by Gasteiger charge is -2.17. The largest absolute Gasteiger partial charge is 0.394 e. The lowest BCUT2D eigenvalue weighted by Crippen LogP contribution is -2.32. The van der Waals surface area contributed by atoms with Crippen LogP contribution >= 0.6 is 11.8 Å². The molecule has 0 aliphatic rings. The lowest BCUT2D eigenvalue weighted by atomic mass is 10.0. The van der Waals surface area contributed by atoms with Crippen molar-refractivity contribution in [1.29, 1.82) is 5.26 Å². The van der Waals surface area contributed by atoms with Gasteiger partial charge in [0.15, 0.2) is 0 Å². The normalized spacial score (nSPS) is 11.5. The Morgan fingerprint density at radius 2 is 1.88 bits per heavy atom. The second-order valence-electron chi connectivity index (χ2n) is 5.32. The molecule has 0 saturated carbocycles. The maximum atomic E-state index is 12.1. The van der Waals surface area contributed by atoms with E-state index >= 15 is 0 Å². The number of nitrogens with zero attached hydrogens (tertiary/aromatic N) is 1. The number of nitriles is 1. The molecule has 0 aliphatic carbocycles. The molecule has 1 unspecified atom stereocenters. The third-order valence-corrected chi connectivity index (χ3v) is 4.67. The summed E-state index contributed by atoms with van der Waals surface area (Å²) in [4.78, 5) is 13.0. The van der Waals surface area contributed by atoms with E-state index in [9.17, 15) is 9.90 Å². The monoisotopic (exact) mass is 340 g/mol. The van der Waals surface area contributed by atoms with Crippen LogP contribution in [0.2, 0.25) is 0 Å². The number of thioether (sulfide) groups is 1. The standard InChI is InChI=1S/C19H20N2O2S/c1-2-14-3-7-16(8-4-14)18(12-22)21-19(23)13-24-17-9-5-15(11-20)6-10-17/h3-10,18,22H,2,12-13H2,1H3,(H,21,23). The van der Waals surface area contributed by atoms with Crippen molar-refractivity contribution in [2.24, 2.45) is 0 Å². The number of carbonyl (C=O) groups is 1. The fourth-order valence-electron chi connectivity index (χ4n) is 2.23. The number of hydrogen-bond donors (Lipinski definition) is 2. The highest BCUT2D eigenvalue weighted by Gasteiger charge is 2.13. The van der Waals surface area contributed by atoms with Crippen LogP contribution in [0.25, 0.3) is 0 Å². The maximum Gasteiger partial charge on any atom is 0.230 e. The average Bonchev–Trinajstić information content (AvgIpc) is 2.65. The smallest absolute Gasteiger partial charge is 0.230 e. The van der Waals surface area contributed by atoms with Crippen molar-refractivity contribution >= 4 is 17.7 Å². The summed E-state index contributed by atoms with van der Waals surface area (Å²) >= 11 is 1.40. The molecule has 2 aromatic carbocycles. The minimum Gasteiger partial charge on any atom is -0.394 e. The van der Waals surface area contributed by atoms with E-state index in [-0.39, 0.29) is 18.3 Å². The van der Waals surface area contributed by atoms with Gasteiger partial charge in [-0.2, -0.15) is 5.26 Å². The van der Waals surface area contributed by atoms with Crippen LogP contribution in [0.5, 0.6) is 0 Å². The molecule has 0 radical (unpaired) electrons. The predicted molar refractivity (Wildman–Crippen MR) is 95.7 cm³/mol. The first kappa shape index (κ1) is 18.1. The fourth-order valence-corrected chi connectivity index (χ4v) is 2.94. The van der Waals surface area contributed by atoms with Crippen LogP contribution in [-0.4, -0.2) is 23.4 Å². The summed E-state index contributed by atoms with van der Waals surface area (Å²) in [6.07, 6.45) is 0.956. The van der Waals surface area contributed by atoms with Gasteiger partial charge in [0.1, 0.15) is 0 Å². The van der Waals surface area contributed by atoms with Gasteiger partial charge in [0.05, 0.1) is 30.0 Å². The minimum atomic E-state index is -0.398. The van der Waals surface area contributed by atoms with Crippen molar-refractivity contribution in [3.05, 3.63) is 65.2 Å². The number of aliphatic hydroxyl groups excluding tert-OH is 1. The molecule has 24 heavy (non-hydrogen) atoms. The second-order valence-corrected chi connectivity index (χ2v) is 6.37. The molecule has 0 spiro atoms. The Labute approximate surface area is 146 Å². The van der Waals surface area contributed by atoms with Crippen molar-refractivity contribution in [1.82, 2.24) is 5.32 Å². The van der Waals surface area contributed by atoms with Crippen LogP contribution in [0, 0.1) is 11.3 Å². The third kappa shape index (κ3) is 5.12. The Morgan fingerprint density at radius 1 is 1.21 bits per heavy atom. The molecule has 4 nitrogen and oxygen atoms in total. The van der Waals surface area contributed by atoms with E-state index in [1.54, 1.807) is 12.1 Å². The van der Waals surface area contributed by atoms with Gasteiger partial charge in [-0.15, -0.1) is 11.8 Å². The van der Waals surface area contributed by atoms with Crippen molar-refractivity contribution in [2.45, 2.75) is 24.3 Å². The molecule has 0 bridgehead atoms. The van der Waals surface area contributed by atoms with E-state index in [0.29, 0.717) is 5.56 Å². The van der Waals surface area contributed by atoms with E-state index < -0.39 is 6.04 Å². The number of nitrogens with one attached hydrogen (secondary N) is 1. The van der Waals surface area contributed by atoms with Gasteiger partial charge in [0, 0.05) is 4.90 Å². The van der Waals surface area contributed by atoms with Gasteiger partial charge in [0.2, 0.25) is 5.91 Å². The molecule has 0 fully saturated rings. The molecule has 0 saturated heterocycles. The van der Waals surface area contributed by atoms with Crippen molar-refractivity contribution in [3.63, 3.8) is 0 Å². The Kier molecular flexibility index (Phi) is 6.86. The molecule has 2 N–H and O–H groups in total. The first-order valence-electron chi connectivity index (χ1n) is 7.78. The molecular weight excluding hydrogens is 320 g/mol. The number of rotatable bonds is 7. The van der Waals surface area contributed by atoms with Gasteiger partial charge >= 0.3 is 0 Å². The molecule has 1 amide bonds. The Bertz CT molecular complexity index is 706. The molecule has 124 valence electrons. The zero-order chi connectivity index (χ0) is 17.4. The molecule has 0 aromatic heterocycles. The van der Waals surface area contributed by atoms with Gasteiger partial charge in [-0.3, -0.25) is 4.79 Å². The van der Waals surface area contributed by atoms with Crippen LogP contribution in [0.4, 0.5) is 0 Å². The molecule has 2 rings (SSSR count). The van der Waals surface area contributed by atoms with Gasteiger partial charge in [0.25, 0.3) is 0 Å². The van der Waals surface area contributed by atoms with Crippen LogP contribution < -0.4 is 5.32 Å². The van der Waals surface area contributed by atoms with E-state index in [1.165, 1.54) is 17.3 Å². The average molecular weight is 340 g/mol. The predicted octanol–water partition coefficient (Wildman–Crippen LogP) is 3.06. The van der Waals surface area contributed by atoms with E-state index in [1.807, 2.05) is 36.4 Å². The highest BCUT2D eigenvalue weighted by atomic mass is 32.2. The highest BCUT2D eigenvalue weighted by Crippen LogP contribution is 2.19. The van der Waals surface area contributed by atoms with Crippen LogP contribution in [-0.2, 0) is 11.2 Å². The quantitative estimate of drug-likeness (QED) is 0.760. The minimum absolute atomic E-state index is 0.136. The summed E-state index contributed by atoms with van der Waals surface area (Å²) < 4.78 is 0. The topological polar surface area (TPSA) is 73.1 Å². The first-order chi connectivity index (χ1) is 11.7. The van der Waals surface area contributed by atoms with Gasteiger partial charge < -0.3 is 10.4 Å². The number of carbonyl (C=O) groups excluding carboxylic acids is 1. The summed E-state index contributed by atoms with van der Waals surface area (Å²) in [5, 5.41) is 21.2. The highest BCUT2D eigenvalue weighted by molar-refractivity contribution is 8.00. The van der Waals surface area contributed by atoms with Crippen molar-refractivity contribution < 1.29 is 9.90 Å². The summed E-state index contributed by atoms with van der Waals surface area (Å²) in [7, 11) is 0. The third-order valence-electron chi connectivity index (χ3n) is 3.66. The number of aliphatic hydroxyl groups is 1. The summed E-state index contributed by atoms with van der Waals surface area (Å²) in [6.45, 7) is 1.94. The van der Waals surface area contributed by atoms with E-state index in [4.69, 9.17) is 5.26 Å². The zero-order valence-electron chi connectivity index (χ0n) is 13.5. The Hall–Kier alpha value is -2.29. The molecule has 0 heterocycles. The second kappa shape index (κ2) is 9.11. The Balaban J connectivity index is 1.89. The van der Waals surface area contributed by atoms with Crippen molar-refractivity contribution in [2.75, 3.05) is 12.4 Å². The summed E-state index contributed by atoms with van der Waals surface area (Å²) in [5.41, 5.74) is 2.71. The number of aryl methyl sites for hydroxylation is 1. The van der Waals surface area contributed by atoms with Crippen LogP contribution in [0.15, 0.2) is 53.4 Å².